The van der Waals surface area contributed by atoms with Gasteiger partial charge >= 0.3 is 0 Å². The molecule has 122 valence electrons. The van der Waals surface area contributed by atoms with Crippen LogP contribution in [0.15, 0.2) is 48.5 Å². The van der Waals surface area contributed by atoms with Crippen LogP contribution < -0.4 is 0 Å². The SMILES string of the molecule is [C-]#[N+]c1cc(C)cc(C2(CC)[C@@H]3CN(Cc4ccccc4)C[C@@H]32)c1. The molecule has 2 aliphatic rings. The Morgan fingerprint density at radius 3 is 2.46 bits per heavy atom. The molecule has 0 radical (unpaired) electrons. The lowest BCUT2D eigenvalue weighted by atomic mass is 9.86. The van der Waals surface area contributed by atoms with Crippen LogP contribution in [0.25, 0.3) is 4.85 Å². The molecule has 2 fully saturated rings. The summed E-state index contributed by atoms with van der Waals surface area (Å²) < 4.78 is 0. The zero-order valence-electron chi connectivity index (χ0n) is 14.5. The first-order chi connectivity index (χ1) is 11.7. The van der Waals surface area contributed by atoms with Gasteiger partial charge in [-0.15, -0.1) is 0 Å². The van der Waals surface area contributed by atoms with Gasteiger partial charge in [0.2, 0.25) is 0 Å². The predicted octanol–water partition coefficient (Wildman–Crippen LogP) is 4.96. The lowest BCUT2D eigenvalue weighted by Crippen LogP contribution is -2.29. The molecule has 1 heterocycles. The Balaban J connectivity index is 1.53. The van der Waals surface area contributed by atoms with Crippen LogP contribution in [0.4, 0.5) is 5.69 Å². The highest BCUT2D eigenvalue weighted by molar-refractivity contribution is 5.54. The van der Waals surface area contributed by atoms with Crippen LogP contribution in [-0.2, 0) is 12.0 Å². The first-order valence-corrected chi connectivity index (χ1v) is 8.93. The normalized spacial score (nSPS) is 28.4. The number of aryl methyl sites for hydroxylation is 1. The number of benzene rings is 2. The van der Waals surface area contributed by atoms with Crippen molar-refractivity contribution in [1.82, 2.24) is 4.90 Å². The summed E-state index contributed by atoms with van der Waals surface area (Å²) in [6.45, 7) is 15.2. The summed E-state index contributed by atoms with van der Waals surface area (Å²) in [6.07, 6.45) is 1.18. The number of hydrogen-bond donors (Lipinski definition) is 0. The van der Waals surface area contributed by atoms with Gasteiger partial charge in [0.05, 0.1) is 6.57 Å². The van der Waals surface area contributed by atoms with E-state index >= 15 is 0 Å². The highest BCUT2D eigenvalue weighted by Gasteiger charge is 2.67. The van der Waals surface area contributed by atoms with Crippen LogP contribution >= 0.6 is 0 Å². The van der Waals surface area contributed by atoms with Gasteiger partial charge in [-0.3, -0.25) is 4.90 Å². The van der Waals surface area contributed by atoms with Crippen LogP contribution in [0.5, 0.6) is 0 Å². The summed E-state index contributed by atoms with van der Waals surface area (Å²) in [7, 11) is 0. The highest BCUT2D eigenvalue weighted by atomic mass is 15.2. The van der Waals surface area contributed by atoms with Crippen molar-refractivity contribution in [2.45, 2.75) is 32.2 Å². The molecule has 4 rings (SSSR count). The van der Waals surface area contributed by atoms with E-state index in [2.05, 4.69) is 66.1 Å². The second-order valence-electron chi connectivity index (χ2n) is 7.46. The molecule has 0 bridgehead atoms. The van der Waals surface area contributed by atoms with E-state index in [0.29, 0.717) is 5.41 Å². The monoisotopic (exact) mass is 316 g/mol. The van der Waals surface area contributed by atoms with Crippen molar-refractivity contribution in [3.05, 3.63) is 76.6 Å². The lowest BCUT2D eigenvalue weighted by molar-refractivity contribution is 0.262. The summed E-state index contributed by atoms with van der Waals surface area (Å²) in [6, 6.07) is 17.2. The van der Waals surface area contributed by atoms with Gasteiger partial charge in [0, 0.05) is 25.0 Å². The Kier molecular flexibility index (Phi) is 3.70. The van der Waals surface area contributed by atoms with Gasteiger partial charge < -0.3 is 0 Å². The molecule has 1 saturated heterocycles. The van der Waals surface area contributed by atoms with Gasteiger partial charge in [-0.25, -0.2) is 4.85 Å². The van der Waals surface area contributed by atoms with Crippen LogP contribution in [-0.4, -0.2) is 18.0 Å². The summed E-state index contributed by atoms with van der Waals surface area (Å²) in [5, 5.41) is 0. The maximum Gasteiger partial charge on any atom is 0.187 e. The van der Waals surface area contributed by atoms with E-state index in [9.17, 15) is 0 Å². The molecule has 1 unspecified atom stereocenters. The molecular weight excluding hydrogens is 292 g/mol. The fourth-order valence-corrected chi connectivity index (χ4v) is 5.04. The second-order valence-corrected chi connectivity index (χ2v) is 7.46. The minimum Gasteiger partial charge on any atom is -0.298 e. The molecule has 0 amide bonds. The van der Waals surface area contributed by atoms with Crippen molar-refractivity contribution in [3.63, 3.8) is 0 Å². The van der Waals surface area contributed by atoms with E-state index in [-0.39, 0.29) is 0 Å². The fourth-order valence-electron chi connectivity index (χ4n) is 5.04. The van der Waals surface area contributed by atoms with Crippen molar-refractivity contribution in [1.29, 1.82) is 0 Å². The summed E-state index contributed by atoms with van der Waals surface area (Å²) in [4.78, 5) is 6.27. The second kappa shape index (κ2) is 5.76. The lowest BCUT2D eigenvalue weighted by Gasteiger charge is -2.27. The van der Waals surface area contributed by atoms with Gasteiger partial charge in [0.1, 0.15) is 0 Å². The number of fused-ring (bicyclic) bond motifs is 1. The molecule has 1 aliphatic carbocycles. The van der Waals surface area contributed by atoms with Gasteiger partial charge in [0.25, 0.3) is 0 Å². The van der Waals surface area contributed by atoms with E-state index in [4.69, 9.17) is 6.57 Å². The molecular formula is C22H24N2. The molecule has 0 N–H and O–H groups in total. The van der Waals surface area contributed by atoms with Crippen LogP contribution in [0, 0.1) is 25.3 Å². The fraction of sp³-hybridized carbons (Fsp3) is 0.409. The number of piperidine rings is 1. The Labute approximate surface area is 144 Å². The van der Waals surface area contributed by atoms with Crippen molar-refractivity contribution in [3.8, 4) is 0 Å². The zero-order valence-corrected chi connectivity index (χ0v) is 14.5. The molecule has 24 heavy (non-hydrogen) atoms. The van der Waals surface area contributed by atoms with Gasteiger partial charge in [0.15, 0.2) is 5.69 Å². The van der Waals surface area contributed by atoms with Crippen LogP contribution in [0.1, 0.15) is 30.0 Å². The molecule has 2 aromatic rings. The molecule has 2 heteroatoms. The Morgan fingerprint density at radius 2 is 1.83 bits per heavy atom. The maximum atomic E-state index is 7.35. The van der Waals surface area contributed by atoms with E-state index in [1.807, 2.05) is 6.07 Å². The molecule has 1 aliphatic heterocycles. The molecule has 0 aromatic heterocycles. The van der Waals surface area contributed by atoms with Gasteiger partial charge in [-0.2, -0.15) is 0 Å². The molecule has 1 saturated carbocycles. The van der Waals surface area contributed by atoms with Crippen molar-refractivity contribution in [2.75, 3.05) is 13.1 Å². The molecule has 3 atom stereocenters. The smallest absolute Gasteiger partial charge is 0.187 e. The van der Waals surface area contributed by atoms with Crippen molar-refractivity contribution >= 4 is 5.69 Å². The third-order valence-electron chi connectivity index (χ3n) is 6.17. The highest BCUT2D eigenvalue weighted by Crippen LogP contribution is 2.65. The third-order valence-corrected chi connectivity index (χ3v) is 6.17. The quantitative estimate of drug-likeness (QED) is 0.724. The van der Waals surface area contributed by atoms with Crippen molar-refractivity contribution < 1.29 is 0 Å². The average molecular weight is 316 g/mol. The molecule has 0 spiro atoms. The molecule has 2 aromatic carbocycles. The van der Waals surface area contributed by atoms with Crippen LogP contribution in [0.3, 0.4) is 0 Å². The standard InChI is InChI=1S/C22H24N2/c1-4-22(18-10-16(2)11-19(12-18)23-3)20-14-24(15-21(20)22)13-17-8-6-5-7-9-17/h5-12,20-21H,4,13-15H2,1-2H3/t20-,21+,22?. The third kappa shape index (κ3) is 2.36. The van der Waals surface area contributed by atoms with Gasteiger partial charge in [-0.05, 0) is 30.7 Å². The van der Waals surface area contributed by atoms with E-state index in [1.165, 1.54) is 36.2 Å². The summed E-state index contributed by atoms with van der Waals surface area (Å²) in [5.74, 6) is 1.51. The van der Waals surface area contributed by atoms with Gasteiger partial charge in [-0.1, -0.05) is 66.6 Å². The Morgan fingerprint density at radius 1 is 1.12 bits per heavy atom. The Bertz CT molecular complexity index is 775. The Hall–Kier alpha value is -2.11. The summed E-state index contributed by atoms with van der Waals surface area (Å²) >= 11 is 0. The minimum atomic E-state index is 0.318. The number of hydrogen-bond acceptors (Lipinski definition) is 1. The first-order valence-electron chi connectivity index (χ1n) is 8.93. The number of nitrogens with zero attached hydrogens (tertiary/aromatic N) is 2. The predicted molar refractivity (Wildman–Crippen MR) is 98.1 cm³/mol. The largest absolute Gasteiger partial charge is 0.298 e. The minimum absolute atomic E-state index is 0.318. The first kappa shape index (κ1) is 15.4. The van der Waals surface area contributed by atoms with Crippen molar-refractivity contribution in [2.24, 2.45) is 11.8 Å². The number of rotatable bonds is 4. The number of likely N-dealkylation sites (tertiary alicyclic amines) is 1. The van der Waals surface area contributed by atoms with E-state index in [1.54, 1.807) is 0 Å². The maximum absolute atomic E-state index is 7.35. The molecule has 2 nitrogen and oxygen atoms in total. The zero-order chi connectivity index (χ0) is 16.7. The topological polar surface area (TPSA) is 7.60 Å². The summed E-state index contributed by atoms with van der Waals surface area (Å²) in [5.41, 5.74) is 5.15. The average Bonchev–Trinajstić information content (AvgIpc) is 2.99. The van der Waals surface area contributed by atoms with E-state index < -0.39 is 0 Å². The van der Waals surface area contributed by atoms with Crippen LogP contribution in [0.2, 0.25) is 0 Å². The van der Waals surface area contributed by atoms with E-state index in [0.717, 1.165) is 24.1 Å².